The zero-order valence-electron chi connectivity index (χ0n) is 16.3. The summed E-state index contributed by atoms with van der Waals surface area (Å²) in [7, 11) is 0. The van der Waals surface area contributed by atoms with Crippen molar-refractivity contribution in [1.82, 2.24) is 14.2 Å². The summed E-state index contributed by atoms with van der Waals surface area (Å²) in [6.45, 7) is 5.11. The Kier molecular flexibility index (Phi) is 4.50. The Bertz CT molecular complexity index is 1320. The fourth-order valence-electron chi connectivity index (χ4n) is 3.54. The summed E-state index contributed by atoms with van der Waals surface area (Å²) in [6.07, 6.45) is 0. The highest BCUT2D eigenvalue weighted by Crippen LogP contribution is 2.25. The molecule has 0 fully saturated rings. The van der Waals surface area contributed by atoms with Gasteiger partial charge in [0.05, 0.1) is 5.52 Å². The summed E-state index contributed by atoms with van der Waals surface area (Å²) < 4.78 is 3.64. The molecule has 0 saturated heterocycles. The van der Waals surface area contributed by atoms with E-state index < -0.39 is 6.04 Å². The second-order valence-electron chi connectivity index (χ2n) is 7.03. The number of amides is 1. The van der Waals surface area contributed by atoms with Crippen LogP contribution >= 0.6 is 0 Å². The number of ketones is 1. The number of rotatable bonds is 4. The lowest BCUT2D eigenvalue weighted by Crippen LogP contribution is -2.27. The first-order valence-electron chi connectivity index (χ1n) is 9.28. The molecule has 4 aromatic rings. The Balaban J connectivity index is 1.77. The summed E-state index contributed by atoms with van der Waals surface area (Å²) in [5.41, 5.74) is 2.91. The van der Waals surface area contributed by atoms with Crippen LogP contribution in [0.4, 0.5) is 5.69 Å². The molecule has 0 aliphatic carbocycles. The van der Waals surface area contributed by atoms with Crippen molar-refractivity contribution in [3.05, 3.63) is 76.2 Å². The van der Waals surface area contributed by atoms with Gasteiger partial charge in [-0.2, -0.15) is 4.98 Å². The minimum Gasteiger partial charge on any atom is -0.324 e. The lowest BCUT2D eigenvalue weighted by Gasteiger charge is -2.18. The Morgan fingerprint density at radius 3 is 2.45 bits per heavy atom. The number of nitrogens with zero attached hydrogens (tertiary/aromatic N) is 3. The average Bonchev–Trinajstić information content (AvgIpc) is 3.02. The molecule has 0 spiro atoms. The van der Waals surface area contributed by atoms with Crippen LogP contribution in [0.5, 0.6) is 0 Å². The molecule has 0 radical (unpaired) electrons. The quantitative estimate of drug-likeness (QED) is 0.543. The van der Waals surface area contributed by atoms with Crippen molar-refractivity contribution in [2.75, 3.05) is 5.32 Å². The van der Waals surface area contributed by atoms with E-state index in [4.69, 9.17) is 0 Å². The Labute approximate surface area is 166 Å². The van der Waals surface area contributed by atoms with Crippen LogP contribution in [0.2, 0.25) is 0 Å². The third kappa shape index (κ3) is 3.20. The smallest absolute Gasteiger partial charge is 0.273 e. The third-order valence-electron chi connectivity index (χ3n) is 5.00. The topological polar surface area (TPSA) is 85.5 Å². The van der Waals surface area contributed by atoms with Crippen molar-refractivity contribution in [1.29, 1.82) is 0 Å². The number of aryl methyl sites for hydroxylation is 1. The number of hydrogen-bond acceptors (Lipinski definition) is 4. The molecule has 4 rings (SSSR count). The highest BCUT2D eigenvalue weighted by molar-refractivity contribution is 5.98. The number of anilines is 1. The monoisotopic (exact) mass is 388 g/mol. The van der Waals surface area contributed by atoms with E-state index in [-0.39, 0.29) is 17.2 Å². The summed E-state index contributed by atoms with van der Waals surface area (Å²) in [4.78, 5) is 40.5. The molecule has 1 N–H and O–H groups in total. The van der Waals surface area contributed by atoms with E-state index in [1.54, 1.807) is 35.7 Å². The van der Waals surface area contributed by atoms with Gasteiger partial charge in [-0.15, -0.1) is 0 Å². The molecule has 0 aliphatic rings. The molecule has 0 aliphatic heterocycles. The molecule has 2 aromatic carbocycles. The maximum absolute atomic E-state index is 13.0. The van der Waals surface area contributed by atoms with E-state index in [1.165, 1.54) is 13.0 Å². The molecule has 7 heteroatoms. The maximum Gasteiger partial charge on any atom is 0.273 e. The highest BCUT2D eigenvalue weighted by Gasteiger charge is 2.22. The van der Waals surface area contributed by atoms with E-state index in [0.717, 1.165) is 10.9 Å². The van der Waals surface area contributed by atoms with Gasteiger partial charge in [-0.1, -0.05) is 12.1 Å². The molecule has 0 saturated carbocycles. The molecule has 1 amide bonds. The van der Waals surface area contributed by atoms with Gasteiger partial charge in [0, 0.05) is 28.4 Å². The number of para-hydroxylation sites is 1. The number of fused-ring (bicyclic) bond motifs is 3. The Morgan fingerprint density at radius 2 is 1.76 bits per heavy atom. The number of carbonyl (C=O) groups is 2. The fourth-order valence-corrected chi connectivity index (χ4v) is 3.54. The number of benzene rings is 2. The van der Waals surface area contributed by atoms with Crippen LogP contribution in [0.25, 0.3) is 16.6 Å². The van der Waals surface area contributed by atoms with Gasteiger partial charge in [-0.25, -0.2) is 4.52 Å². The normalized spacial score (nSPS) is 12.2. The van der Waals surface area contributed by atoms with Crippen LogP contribution in [-0.2, 0) is 4.79 Å². The van der Waals surface area contributed by atoms with Gasteiger partial charge < -0.3 is 5.32 Å². The number of hydrogen-bond donors (Lipinski definition) is 1. The van der Waals surface area contributed by atoms with Gasteiger partial charge >= 0.3 is 0 Å². The summed E-state index contributed by atoms with van der Waals surface area (Å²) >= 11 is 0. The second-order valence-corrected chi connectivity index (χ2v) is 7.03. The Morgan fingerprint density at radius 1 is 1.07 bits per heavy atom. The van der Waals surface area contributed by atoms with Gasteiger partial charge in [0.2, 0.25) is 5.91 Å². The van der Waals surface area contributed by atoms with Gasteiger partial charge in [0.1, 0.15) is 6.04 Å². The van der Waals surface area contributed by atoms with E-state index in [9.17, 15) is 14.4 Å². The van der Waals surface area contributed by atoms with Gasteiger partial charge in [-0.05, 0) is 57.2 Å². The van der Waals surface area contributed by atoms with Crippen molar-refractivity contribution < 1.29 is 9.59 Å². The van der Waals surface area contributed by atoms with Crippen molar-refractivity contribution >= 4 is 33.9 Å². The Hall–Kier alpha value is -3.74. The number of Topliss-reactive ketones (excluding diaryl/α,β-unsaturated/α-hetero) is 1. The summed E-state index contributed by atoms with van der Waals surface area (Å²) in [6, 6.07) is 15.2. The van der Waals surface area contributed by atoms with Crippen LogP contribution in [0.15, 0.2) is 59.4 Å². The first kappa shape index (κ1) is 18.6. The van der Waals surface area contributed by atoms with Gasteiger partial charge in [0.25, 0.3) is 5.56 Å². The zero-order chi connectivity index (χ0) is 20.7. The van der Waals surface area contributed by atoms with E-state index >= 15 is 0 Å². The van der Waals surface area contributed by atoms with Crippen LogP contribution in [0, 0.1) is 6.92 Å². The standard InChI is InChI=1S/C22H20N4O3/c1-13-12-20(28)24-21-18-6-4-5-7-19(18)26(25(13)21)14(2)22(29)23-17-10-8-16(9-11-17)15(3)27/h4-12,14H,1-3H3,(H,23,29)/t14-/m1/s1. The minimum absolute atomic E-state index is 0.0290. The molecular weight excluding hydrogens is 368 g/mol. The lowest BCUT2D eigenvalue weighted by atomic mass is 10.1. The van der Waals surface area contributed by atoms with Crippen molar-refractivity contribution in [2.24, 2.45) is 0 Å². The van der Waals surface area contributed by atoms with Crippen LogP contribution in [0.1, 0.15) is 35.9 Å². The SMILES string of the molecule is CC(=O)c1ccc(NC(=O)[C@@H](C)n2c3ccccc3c3nc(=O)cc(C)n32)cc1. The molecule has 2 aromatic heterocycles. The predicted molar refractivity (Wildman–Crippen MR) is 111 cm³/mol. The predicted octanol–water partition coefficient (Wildman–Crippen LogP) is 3.36. The second kappa shape index (κ2) is 7.01. The minimum atomic E-state index is -0.576. The molecule has 2 heterocycles. The summed E-state index contributed by atoms with van der Waals surface area (Å²) in [5.74, 6) is -0.250. The molecule has 0 unspecified atom stereocenters. The number of nitrogens with one attached hydrogen (secondary N) is 1. The maximum atomic E-state index is 13.0. The summed E-state index contributed by atoms with van der Waals surface area (Å²) in [5, 5.41) is 3.69. The largest absolute Gasteiger partial charge is 0.324 e. The fraction of sp³-hybridized carbons (Fsp3) is 0.182. The highest BCUT2D eigenvalue weighted by atomic mass is 16.2. The van der Waals surface area contributed by atoms with Crippen molar-refractivity contribution in [2.45, 2.75) is 26.8 Å². The molecule has 29 heavy (non-hydrogen) atoms. The number of carbonyl (C=O) groups excluding carboxylic acids is 2. The molecule has 146 valence electrons. The lowest BCUT2D eigenvalue weighted by molar-refractivity contribution is -0.119. The molecule has 0 bridgehead atoms. The van der Waals surface area contributed by atoms with Gasteiger partial charge in [0.15, 0.2) is 11.4 Å². The third-order valence-corrected chi connectivity index (χ3v) is 5.00. The van der Waals surface area contributed by atoms with E-state index in [0.29, 0.717) is 22.6 Å². The van der Waals surface area contributed by atoms with Crippen LogP contribution in [-0.4, -0.2) is 25.9 Å². The van der Waals surface area contributed by atoms with Crippen LogP contribution in [0.3, 0.4) is 0 Å². The number of aromatic nitrogens is 3. The average molecular weight is 388 g/mol. The van der Waals surface area contributed by atoms with E-state index in [2.05, 4.69) is 10.3 Å². The van der Waals surface area contributed by atoms with Gasteiger partial charge in [-0.3, -0.25) is 19.1 Å². The zero-order valence-corrected chi connectivity index (χ0v) is 16.3. The first-order chi connectivity index (χ1) is 13.9. The first-order valence-corrected chi connectivity index (χ1v) is 9.28. The van der Waals surface area contributed by atoms with E-state index in [1.807, 2.05) is 35.9 Å². The van der Waals surface area contributed by atoms with Crippen molar-refractivity contribution in [3.8, 4) is 0 Å². The van der Waals surface area contributed by atoms with Crippen molar-refractivity contribution in [3.63, 3.8) is 0 Å². The molecule has 1 atom stereocenters. The molecular formula is C22H20N4O3. The van der Waals surface area contributed by atoms with Crippen LogP contribution < -0.4 is 10.9 Å². The molecule has 7 nitrogen and oxygen atoms in total.